The van der Waals surface area contributed by atoms with E-state index in [-0.39, 0.29) is 23.1 Å². The van der Waals surface area contributed by atoms with Crippen molar-refractivity contribution in [1.29, 1.82) is 0 Å². The standard InChI is InChI=1S/C28H31FN2O5S/c1-6-34-22-14-11-20(16-23(22)35-7-2)25-24(27(33)36-8-3)18(5)30-28(37)31(25)26(32)17(4)15-19-9-12-21(29)13-10-19/h9-16,25H,6-8H2,1-5H3,(H,30,37)/b17-15+. The highest BCUT2D eigenvalue weighted by Gasteiger charge is 2.40. The van der Waals surface area contributed by atoms with Crippen LogP contribution in [0.1, 0.15) is 51.8 Å². The molecule has 0 fully saturated rings. The fourth-order valence-corrected chi connectivity index (χ4v) is 4.38. The van der Waals surface area contributed by atoms with E-state index in [4.69, 9.17) is 26.4 Å². The number of ether oxygens (including phenoxy) is 3. The van der Waals surface area contributed by atoms with Crippen molar-refractivity contribution in [1.82, 2.24) is 10.2 Å². The van der Waals surface area contributed by atoms with E-state index in [9.17, 15) is 14.0 Å². The molecule has 1 amide bonds. The van der Waals surface area contributed by atoms with Crippen LogP contribution in [0.4, 0.5) is 4.39 Å². The van der Waals surface area contributed by atoms with Gasteiger partial charge in [-0.25, -0.2) is 9.18 Å². The van der Waals surface area contributed by atoms with Gasteiger partial charge in [0.15, 0.2) is 16.6 Å². The van der Waals surface area contributed by atoms with E-state index in [1.54, 1.807) is 57.2 Å². The van der Waals surface area contributed by atoms with Gasteiger partial charge in [0.25, 0.3) is 5.91 Å². The molecule has 1 unspecified atom stereocenters. The molecule has 0 saturated heterocycles. The number of carbonyl (C=O) groups is 2. The number of esters is 1. The molecular weight excluding hydrogens is 495 g/mol. The Morgan fingerprint density at radius 3 is 2.30 bits per heavy atom. The number of hydrogen-bond acceptors (Lipinski definition) is 6. The van der Waals surface area contributed by atoms with Crippen molar-refractivity contribution in [2.75, 3.05) is 19.8 Å². The van der Waals surface area contributed by atoms with E-state index in [0.717, 1.165) is 0 Å². The minimum Gasteiger partial charge on any atom is -0.490 e. The van der Waals surface area contributed by atoms with Gasteiger partial charge in [0, 0.05) is 11.3 Å². The summed E-state index contributed by atoms with van der Waals surface area (Å²) in [7, 11) is 0. The van der Waals surface area contributed by atoms with E-state index in [2.05, 4.69) is 5.32 Å². The van der Waals surface area contributed by atoms with Gasteiger partial charge in [-0.2, -0.15) is 0 Å². The predicted molar refractivity (Wildman–Crippen MR) is 143 cm³/mol. The molecule has 196 valence electrons. The minimum atomic E-state index is -0.883. The maximum atomic E-state index is 13.8. The zero-order valence-electron chi connectivity index (χ0n) is 21.6. The van der Waals surface area contributed by atoms with E-state index in [1.165, 1.54) is 17.0 Å². The number of carbonyl (C=O) groups excluding carboxylic acids is 2. The van der Waals surface area contributed by atoms with Crippen molar-refractivity contribution in [3.05, 3.63) is 76.3 Å². The Bertz CT molecular complexity index is 1240. The molecule has 1 atom stereocenters. The van der Waals surface area contributed by atoms with Crippen LogP contribution in [0.5, 0.6) is 11.5 Å². The Kier molecular flexibility index (Phi) is 9.41. The lowest BCUT2D eigenvalue weighted by molar-refractivity contribution is -0.139. The molecule has 0 aromatic heterocycles. The number of rotatable bonds is 9. The molecule has 1 heterocycles. The molecule has 2 aromatic carbocycles. The van der Waals surface area contributed by atoms with Gasteiger partial charge in [-0.05, 0) is 88.3 Å². The molecule has 7 nitrogen and oxygen atoms in total. The summed E-state index contributed by atoms with van der Waals surface area (Å²) in [5.74, 6) is -0.327. The molecule has 0 radical (unpaired) electrons. The highest BCUT2D eigenvalue weighted by molar-refractivity contribution is 7.80. The van der Waals surface area contributed by atoms with Crippen LogP contribution >= 0.6 is 12.2 Å². The summed E-state index contributed by atoms with van der Waals surface area (Å²) in [6, 6.07) is 10.2. The fraction of sp³-hybridized carbons (Fsp3) is 0.321. The third kappa shape index (κ3) is 6.35. The number of hydrogen-bond donors (Lipinski definition) is 1. The second-order valence-corrected chi connectivity index (χ2v) is 8.60. The first-order chi connectivity index (χ1) is 17.7. The monoisotopic (exact) mass is 526 g/mol. The molecule has 2 aromatic rings. The summed E-state index contributed by atoms with van der Waals surface area (Å²) in [4.78, 5) is 28.3. The molecule has 0 aliphatic carbocycles. The first-order valence-electron chi connectivity index (χ1n) is 12.1. The maximum Gasteiger partial charge on any atom is 0.338 e. The first kappa shape index (κ1) is 27.9. The van der Waals surface area contributed by atoms with Crippen molar-refractivity contribution in [2.45, 2.75) is 40.7 Å². The second kappa shape index (κ2) is 12.5. The average molecular weight is 527 g/mol. The van der Waals surface area contributed by atoms with Crippen molar-refractivity contribution >= 4 is 35.3 Å². The summed E-state index contributed by atoms with van der Waals surface area (Å²) in [5, 5.41) is 3.12. The van der Waals surface area contributed by atoms with Crippen molar-refractivity contribution in [3.8, 4) is 11.5 Å². The highest BCUT2D eigenvalue weighted by Crippen LogP contribution is 2.39. The number of allylic oxidation sites excluding steroid dienone is 1. The lowest BCUT2D eigenvalue weighted by Gasteiger charge is -2.38. The molecule has 0 bridgehead atoms. The number of nitrogens with one attached hydrogen (secondary N) is 1. The van der Waals surface area contributed by atoms with Crippen LogP contribution in [0.25, 0.3) is 6.08 Å². The van der Waals surface area contributed by atoms with Gasteiger partial charge in [-0.3, -0.25) is 9.69 Å². The molecular formula is C28H31FN2O5S. The lowest BCUT2D eigenvalue weighted by atomic mass is 9.92. The first-order valence-corrected chi connectivity index (χ1v) is 12.5. The van der Waals surface area contributed by atoms with Crippen LogP contribution in [-0.4, -0.2) is 41.7 Å². The normalized spacial score (nSPS) is 15.8. The minimum absolute atomic E-state index is 0.138. The molecule has 3 rings (SSSR count). The highest BCUT2D eigenvalue weighted by atomic mass is 32.1. The molecule has 37 heavy (non-hydrogen) atoms. The molecule has 9 heteroatoms. The van der Waals surface area contributed by atoms with Crippen LogP contribution in [0.15, 0.2) is 59.3 Å². The number of thiocarbonyl (C=S) groups is 1. The lowest BCUT2D eigenvalue weighted by Crippen LogP contribution is -2.51. The SMILES string of the molecule is CCOC(=O)C1=C(C)NC(=S)N(C(=O)/C(C)=C/c2ccc(F)cc2)C1c1ccc(OCC)c(OCC)c1. The zero-order valence-corrected chi connectivity index (χ0v) is 22.4. The van der Waals surface area contributed by atoms with Crippen LogP contribution in [-0.2, 0) is 14.3 Å². The summed E-state index contributed by atoms with van der Waals surface area (Å²) < 4.78 is 30.2. The molecule has 1 N–H and O–H groups in total. The Labute approximate surface area is 221 Å². The Hall–Kier alpha value is -3.72. The van der Waals surface area contributed by atoms with E-state index in [1.807, 2.05) is 13.8 Å². The second-order valence-electron chi connectivity index (χ2n) is 8.22. The van der Waals surface area contributed by atoms with Crippen LogP contribution in [0, 0.1) is 5.82 Å². The number of benzene rings is 2. The number of halogens is 1. The molecule has 1 aliphatic heterocycles. The molecule has 0 saturated carbocycles. The predicted octanol–water partition coefficient (Wildman–Crippen LogP) is 5.32. The largest absolute Gasteiger partial charge is 0.490 e. The summed E-state index contributed by atoms with van der Waals surface area (Å²) in [6.45, 7) is 9.81. The smallest absolute Gasteiger partial charge is 0.338 e. The van der Waals surface area contributed by atoms with Crippen LogP contribution in [0.3, 0.4) is 0 Å². The topological polar surface area (TPSA) is 77.1 Å². The van der Waals surface area contributed by atoms with Gasteiger partial charge in [-0.1, -0.05) is 18.2 Å². The van der Waals surface area contributed by atoms with Gasteiger partial charge in [0.2, 0.25) is 0 Å². The van der Waals surface area contributed by atoms with Gasteiger partial charge >= 0.3 is 5.97 Å². The fourth-order valence-electron chi connectivity index (χ4n) is 4.04. The van der Waals surface area contributed by atoms with Gasteiger partial charge in [0.1, 0.15) is 5.82 Å². The Morgan fingerprint density at radius 2 is 1.68 bits per heavy atom. The zero-order chi connectivity index (χ0) is 27.1. The number of nitrogens with zero attached hydrogens (tertiary/aromatic N) is 1. The quantitative estimate of drug-likeness (QED) is 0.269. The summed E-state index contributed by atoms with van der Waals surface area (Å²) >= 11 is 5.59. The Balaban J connectivity index is 2.16. The number of amides is 1. The third-order valence-electron chi connectivity index (χ3n) is 5.64. The van der Waals surface area contributed by atoms with Crippen molar-refractivity contribution in [2.24, 2.45) is 0 Å². The van der Waals surface area contributed by atoms with Gasteiger partial charge in [-0.15, -0.1) is 0 Å². The van der Waals surface area contributed by atoms with Crippen molar-refractivity contribution < 1.29 is 28.2 Å². The van der Waals surface area contributed by atoms with Crippen LogP contribution in [0.2, 0.25) is 0 Å². The molecule has 1 aliphatic rings. The molecule has 0 spiro atoms. The van der Waals surface area contributed by atoms with Crippen molar-refractivity contribution in [3.63, 3.8) is 0 Å². The van der Waals surface area contributed by atoms with Gasteiger partial charge in [0.05, 0.1) is 31.4 Å². The maximum absolute atomic E-state index is 13.8. The summed E-state index contributed by atoms with van der Waals surface area (Å²) in [5.41, 5.74) is 2.34. The average Bonchev–Trinajstić information content (AvgIpc) is 2.86. The van der Waals surface area contributed by atoms with E-state index >= 15 is 0 Å². The van der Waals surface area contributed by atoms with Gasteiger partial charge < -0.3 is 19.5 Å². The third-order valence-corrected chi connectivity index (χ3v) is 5.94. The Morgan fingerprint density at radius 1 is 1.03 bits per heavy atom. The van der Waals surface area contributed by atoms with E-state index in [0.29, 0.717) is 47.1 Å². The summed E-state index contributed by atoms with van der Waals surface area (Å²) in [6.07, 6.45) is 1.64. The van der Waals surface area contributed by atoms with Crippen LogP contribution < -0.4 is 14.8 Å². The van der Waals surface area contributed by atoms with E-state index < -0.39 is 17.9 Å².